The molecule has 0 amide bonds. The first kappa shape index (κ1) is 17.8. The molecule has 0 aliphatic heterocycles. The van der Waals surface area contributed by atoms with Gasteiger partial charge in [-0.25, -0.2) is 0 Å². The summed E-state index contributed by atoms with van der Waals surface area (Å²) in [6, 6.07) is 6.43. The van der Waals surface area contributed by atoms with Crippen molar-refractivity contribution < 1.29 is 9.47 Å². The number of nitrogen functional groups attached to an aromatic ring is 1. The average molecular weight is 294 g/mol. The highest BCUT2D eigenvalue weighted by atomic mass is 16.5. The fraction of sp³-hybridized carbons (Fsp3) is 0.647. The molecular formula is C17H30N2O2. The van der Waals surface area contributed by atoms with Crippen molar-refractivity contribution in [3.05, 3.63) is 23.8 Å². The van der Waals surface area contributed by atoms with Gasteiger partial charge in [0.2, 0.25) is 0 Å². The number of hydrogen-bond acceptors (Lipinski definition) is 4. The molecule has 4 nitrogen and oxygen atoms in total. The highest BCUT2D eigenvalue weighted by Gasteiger charge is 2.17. The van der Waals surface area contributed by atoms with Gasteiger partial charge in [0.1, 0.15) is 5.75 Å². The number of methoxy groups -OCH3 is 1. The first-order chi connectivity index (χ1) is 10.2. The maximum atomic E-state index is 5.94. The van der Waals surface area contributed by atoms with Gasteiger partial charge in [-0.1, -0.05) is 13.8 Å². The lowest BCUT2D eigenvalue weighted by molar-refractivity contribution is 0.109. The van der Waals surface area contributed by atoms with E-state index in [0.717, 1.165) is 49.5 Å². The standard InChI is InChI=1S/C17H30N2O2/c1-5-16(6-2)19(10-11-20-4)13-14-12-15(18)8-9-17(14)21-7-3/h8-9,12,16H,5-7,10-11,13,18H2,1-4H3. The van der Waals surface area contributed by atoms with Crippen LogP contribution < -0.4 is 10.5 Å². The molecule has 0 spiro atoms. The zero-order valence-corrected chi connectivity index (χ0v) is 13.9. The highest BCUT2D eigenvalue weighted by molar-refractivity contribution is 5.47. The molecule has 1 rings (SSSR count). The maximum Gasteiger partial charge on any atom is 0.123 e. The molecule has 0 radical (unpaired) electrons. The van der Waals surface area contributed by atoms with Gasteiger partial charge in [0.15, 0.2) is 0 Å². The van der Waals surface area contributed by atoms with Crippen molar-refractivity contribution in [2.75, 3.05) is 32.6 Å². The predicted molar refractivity (Wildman–Crippen MR) is 88.7 cm³/mol. The molecule has 0 unspecified atom stereocenters. The molecule has 0 aromatic heterocycles. The molecule has 0 saturated carbocycles. The van der Waals surface area contributed by atoms with Gasteiger partial charge in [0, 0.05) is 37.5 Å². The van der Waals surface area contributed by atoms with Gasteiger partial charge in [0.25, 0.3) is 0 Å². The van der Waals surface area contributed by atoms with E-state index in [-0.39, 0.29) is 0 Å². The van der Waals surface area contributed by atoms with Crippen molar-refractivity contribution in [3.63, 3.8) is 0 Å². The van der Waals surface area contributed by atoms with Crippen LogP contribution in [0.5, 0.6) is 5.75 Å². The van der Waals surface area contributed by atoms with Gasteiger partial charge in [-0.3, -0.25) is 4.90 Å². The summed E-state index contributed by atoms with van der Waals surface area (Å²) in [7, 11) is 1.75. The van der Waals surface area contributed by atoms with E-state index in [0.29, 0.717) is 12.6 Å². The lowest BCUT2D eigenvalue weighted by Gasteiger charge is -2.31. The van der Waals surface area contributed by atoms with E-state index in [1.54, 1.807) is 7.11 Å². The van der Waals surface area contributed by atoms with Crippen LogP contribution in [0, 0.1) is 0 Å². The van der Waals surface area contributed by atoms with Crippen LogP contribution in [0.3, 0.4) is 0 Å². The molecule has 0 bridgehead atoms. The minimum absolute atomic E-state index is 0.552. The fourth-order valence-corrected chi connectivity index (χ4v) is 2.64. The van der Waals surface area contributed by atoms with Crippen molar-refractivity contribution in [2.45, 2.75) is 46.2 Å². The van der Waals surface area contributed by atoms with E-state index in [1.807, 2.05) is 25.1 Å². The molecule has 0 atom stereocenters. The molecule has 1 aromatic carbocycles. The minimum Gasteiger partial charge on any atom is -0.494 e. The summed E-state index contributed by atoms with van der Waals surface area (Å²) >= 11 is 0. The third kappa shape index (κ3) is 5.56. The number of nitrogens with zero attached hydrogens (tertiary/aromatic N) is 1. The summed E-state index contributed by atoms with van der Waals surface area (Å²) in [4.78, 5) is 2.46. The highest BCUT2D eigenvalue weighted by Crippen LogP contribution is 2.24. The van der Waals surface area contributed by atoms with Gasteiger partial charge in [0.05, 0.1) is 13.2 Å². The number of ether oxygens (including phenoxy) is 2. The van der Waals surface area contributed by atoms with Crippen LogP contribution in [0.25, 0.3) is 0 Å². The van der Waals surface area contributed by atoms with Crippen molar-refractivity contribution in [1.82, 2.24) is 4.90 Å². The summed E-state index contributed by atoms with van der Waals surface area (Å²) in [5.74, 6) is 0.931. The number of hydrogen-bond donors (Lipinski definition) is 1. The predicted octanol–water partition coefficient (Wildman–Crippen LogP) is 3.30. The zero-order chi connectivity index (χ0) is 15.7. The largest absolute Gasteiger partial charge is 0.494 e. The lowest BCUT2D eigenvalue weighted by atomic mass is 10.1. The fourth-order valence-electron chi connectivity index (χ4n) is 2.64. The average Bonchev–Trinajstić information content (AvgIpc) is 2.48. The Labute approximate surface area is 129 Å². The summed E-state index contributed by atoms with van der Waals surface area (Å²) in [6.45, 7) is 9.64. The van der Waals surface area contributed by atoms with Gasteiger partial charge in [-0.2, -0.15) is 0 Å². The number of nitrogens with two attached hydrogens (primary N) is 1. The second-order valence-electron chi connectivity index (χ2n) is 5.23. The zero-order valence-electron chi connectivity index (χ0n) is 13.9. The van der Waals surface area contributed by atoms with Crippen LogP contribution in [0.2, 0.25) is 0 Å². The van der Waals surface area contributed by atoms with Crippen LogP contribution in [0.15, 0.2) is 18.2 Å². The van der Waals surface area contributed by atoms with E-state index >= 15 is 0 Å². The molecule has 2 N–H and O–H groups in total. The summed E-state index contributed by atoms with van der Waals surface area (Å²) < 4.78 is 11.0. The molecule has 4 heteroatoms. The van der Waals surface area contributed by atoms with Crippen molar-refractivity contribution >= 4 is 5.69 Å². The van der Waals surface area contributed by atoms with Crippen LogP contribution in [-0.2, 0) is 11.3 Å². The van der Waals surface area contributed by atoms with E-state index < -0.39 is 0 Å². The van der Waals surface area contributed by atoms with Gasteiger partial charge < -0.3 is 15.2 Å². The van der Waals surface area contributed by atoms with E-state index in [9.17, 15) is 0 Å². The van der Waals surface area contributed by atoms with E-state index in [1.165, 1.54) is 0 Å². The van der Waals surface area contributed by atoms with Crippen LogP contribution >= 0.6 is 0 Å². The molecule has 0 fully saturated rings. The maximum absolute atomic E-state index is 5.94. The second kappa shape index (κ2) is 9.64. The molecule has 0 heterocycles. The Kier molecular flexibility index (Phi) is 8.16. The minimum atomic E-state index is 0.552. The lowest BCUT2D eigenvalue weighted by Crippen LogP contribution is -2.36. The quantitative estimate of drug-likeness (QED) is 0.673. The van der Waals surface area contributed by atoms with Gasteiger partial charge in [-0.05, 0) is 38.0 Å². The van der Waals surface area contributed by atoms with Crippen LogP contribution in [0.4, 0.5) is 5.69 Å². The Bertz CT molecular complexity index is 406. The van der Waals surface area contributed by atoms with Crippen molar-refractivity contribution in [2.24, 2.45) is 0 Å². The molecule has 1 aromatic rings. The van der Waals surface area contributed by atoms with Gasteiger partial charge in [-0.15, -0.1) is 0 Å². The molecule has 0 aliphatic rings. The Hall–Kier alpha value is -1.26. The Morgan fingerprint density at radius 2 is 1.90 bits per heavy atom. The first-order valence-corrected chi connectivity index (χ1v) is 7.90. The Morgan fingerprint density at radius 1 is 1.19 bits per heavy atom. The topological polar surface area (TPSA) is 47.7 Å². The summed E-state index contributed by atoms with van der Waals surface area (Å²) in [5.41, 5.74) is 7.88. The van der Waals surface area contributed by atoms with Crippen LogP contribution in [0.1, 0.15) is 39.2 Å². The summed E-state index contributed by atoms with van der Waals surface area (Å²) in [6.07, 6.45) is 2.26. The normalized spacial score (nSPS) is 11.3. The number of rotatable bonds is 10. The van der Waals surface area contributed by atoms with Crippen molar-refractivity contribution in [3.8, 4) is 5.75 Å². The first-order valence-electron chi connectivity index (χ1n) is 7.90. The molecule has 120 valence electrons. The van der Waals surface area contributed by atoms with Gasteiger partial charge >= 0.3 is 0 Å². The van der Waals surface area contributed by atoms with E-state index in [4.69, 9.17) is 15.2 Å². The molecule has 0 aliphatic carbocycles. The monoisotopic (exact) mass is 294 g/mol. The van der Waals surface area contributed by atoms with Crippen molar-refractivity contribution in [1.29, 1.82) is 0 Å². The second-order valence-corrected chi connectivity index (χ2v) is 5.23. The smallest absolute Gasteiger partial charge is 0.123 e. The Balaban J connectivity index is 2.92. The van der Waals surface area contributed by atoms with E-state index in [2.05, 4.69) is 18.7 Å². The molecule has 21 heavy (non-hydrogen) atoms. The third-order valence-electron chi connectivity index (χ3n) is 3.80. The number of anilines is 1. The SMILES string of the molecule is CCOc1ccc(N)cc1CN(CCOC)C(CC)CC. The molecular weight excluding hydrogens is 264 g/mol. The third-order valence-corrected chi connectivity index (χ3v) is 3.80. The van der Waals surface area contributed by atoms with Crippen LogP contribution in [-0.4, -0.2) is 37.8 Å². The Morgan fingerprint density at radius 3 is 2.48 bits per heavy atom. The summed E-state index contributed by atoms with van der Waals surface area (Å²) in [5, 5.41) is 0. The molecule has 0 saturated heterocycles. The number of benzene rings is 1.